The van der Waals surface area contributed by atoms with Crippen molar-refractivity contribution in [3.05, 3.63) is 12.2 Å². The topological polar surface area (TPSA) is 172 Å². The van der Waals surface area contributed by atoms with Crippen molar-refractivity contribution in [3.8, 4) is 0 Å². The molecule has 0 fully saturated rings. The first-order valence-electron chi connectivity index (χ1n) is 16.2. The van der Waals surface area contributed by atoms with E-state index in [9.17, 15) is 23.8 Å². The maximum Gasteiger partial charge on any atom is 0.472 e. The Kier molecular flexibility index (Phi) is 26.6. The molecular formula is C31H58NO10P. The first kappa shape index (κ1) is 41.2. The molecule has 0 spiro atoms. The molecule has 12 heteroatoms. The number of carboxylic acids is 1. The van der Waals surface area contributed by atoms with Crippen LogP contribution in [0.15, 0.2) is 12.2 Å². The molecule has 0 saturated heterocycles. The molecule has 0 aliphatic heterocycles. The van der Waals surface area contributed by atoms with Crippen molar-refractivity contribution in [3.63, 3.8) is 0 Å². The molecule has 3 atom stereocenters. The van der Waals surface area contributed by atoms with Crippen LogP contribution in [0.5, 0.6) is 0 Å². The second-order valence-electron chi connectivity index (χ2n) is 10.9. The van der Waals surface area contributed by atoms with E-state index in [4.69, 9.17) is 24.8 Å². The summed E-state index contributed by atoms with van der Waals surface area (Å²) in [6.07, 6.45) is 21.7. The highest BCUT2D eigenvalue weighted by molar-refractivity contribution is 7.47. The van der Waals surface area contributed by atoms with Gasteiger partial charge in [-0.3, -0.25) is 23.4 Å². The Balaban J connectivity index is 4.53. The van der Waals surface area contributed by atoms with Crippen LogP contribution in [-0.4, -0.2) is 59.9 Å². The third kappa shape index (κ3) is 27.5. The van der Waals surface area contributed by atoms with Gasteiger partial charge >= 0.3 is 25.7 Å². The molecule has 252 valence electrons. The van der Waals surface area contributed by atoms with Crippen LogP contribution in [0.25, 0.3) is 0 Å². The van der Waals surface area contributed by atoms with Crippen LogP contribution in [0.1, 0.15) is 136 Å². The van der Waals surface area contributed by atoms with Crippen LogP contribution in [0.2, 0.25) is 0 Å². The molecule has 0 bridgehead atoms. The second kappa shape index (κ2) is 27.7. The Morgan fingerprint density at radius 2 is 1.16 bits per heavy atom. The minimum absolute atomic E-state index is 0.153. The smallest absolute Gasteiger partial charge is 0.472 e. The number of carbonyl (C=O) groups is 3. The summed E-state index contributed by atoms with van der Waals surface area (Å²) < 4.78 is 32.3. The molecule has 0 heterocycles. The highest BCUT2D eigenvalue weighted by Gasteiger charge is 2.28. The molecule has 0 saturated carbocycles. The Labute approximate surface area is 258 Å². The van der Waals surface area contributed by atoms with Crippen molar-refractivity contribution in [1.29, 1.82) is 0 Å². The highest BCUT2D eigenvalue weighted by atomic mass is 31.2. The number of carbonyl (C=O) groups excluding carboxylic acids is 2. The summed E-state index contributed by atoms with van der Waals surface area (Å²) in [6, 6.07) is -1.52. The summed E-state index contributed by atoms with van der Waals surface area (Å²) in [5.41, 5.74) is 5.28. The molecule has 11 nitrogen and oxygen atoms in total. The van der Waals surface area contributed by atoms with E-state index in [2.05, 4.69) is 30.5 Å². The summed E-state index contributed by atoms with van der Waals surface area (Å²) in [7, 11) is -4.69. The van der Waals surface area contributed by atoms with Crippen LogP contribution in [0.4, 0.5) is 0 Å². The summed E-state index contributed by atoms with van der Waals surface area (Å²) in [6.45, 7) is 2.67. The van der Waals surface area contributed by atoms with Gasteiger partial charge in [0.25, 0.3) is 0 Å². The van der Waals surface area contributed by atoms with Gasteiger partial charge in [0.05, 0.1) is 13.2 Å². The number of hydrogen-bond donors (Lipinski definition) is 3. The molecule has 0 radical (unpaired) electrons. The Morgan fingerprint density at radius 1 is 0.698 bits per heavy atom. The van der Waals surface area contributed by atoms with Crippen molar-refractivity contribution in [2.75, 3.05) is 19.8 Å². The average Bonchev–Trinajstić information content (AvgIpc) is 2.97. The third-order valence-electron chi connectivity index (χ3n) is 6.76. The van der Waals surface area contributed by atoms with Crippen LogP contribution in [-0.2, 0) is 37.5 Å². The van der Waals surface area contributed by atoms with Crippen LogP contribution < -0.4 is 5.73 Å². The Morgan fingerprint density at radius 3 is 1.74 bits per heavy atom. The van der Waals surface area contributed by atoms with E-state index in [0.29, 0.717) is 12.8 Å². The van der Waals surface area contributed by atoms with E-state index in [0.717, 1.165) is 57.8 Å². The molecule has 0 aromatic heterocycles. The van der Waals surface area contributed by atoms with Gasteiger partial charge in [-0.1, -0.05) is 96.6 Å². The number of esters is 2. The van der Waals surface area contributed by atoms with Crippen molar-refractivity contribution < 1.29 is 47.5 Å². The number of phosphoric ester groups is 1. The largest absolute Gasteiger partial charge is 0.480 e. The van der Waals surface area contributed by atoms with Crippen molar-refractivity contribution in [1.82, 2.24) is 0 Å². The zero-order valence-electron chi connectivity index (χ0n) is 26.6. The number of unbranched alkanes of at least 4 members (excludes halogenated alkanes) is 14. The van der Waals surface area contributed by atoms with Crippen molar-refractivity contribution in [2.24, 2.45) is 5.73 Å². The van der Waals surface area contributed by atoms with Crippen molar-refractivity contribution >= 4 is 25.7 Å². The van der Waals surface area contributed by atoms with Crippen molar-refractivity contribution in [2.45, 2.75) is 148 Å². The van der Waals surface area contributed by atoms with Gasteiger partial charge in [-0.2, -0.15) is 0 Å². The lowest BCUT2D eigenvalue weighted by atomic mass is 10.1. The lowest BCUT2D eigenvalue weighted by molar-refractivity contribution is -0.161. The second-order valence-corrected chi connectivity index (χ2v) is 12.4. The lowest BCUT2D eigenvalue weighted by Gasteiger charge is -2.20. The van der Waals surface area contributed by atoms with Gasteiger partial charge in [-0.15, -0.1) is 0 Å². The molecule has 43 heavy (non-hydrogen) atoms. The monoisotopic (exact) mass is 635 g/mol. The minimum Gasteiger partial charge on any atom is -0.480 e. The standard InChI is InChI=1S/C31H58NO10P/c1-3-5-7-9-11-12-13-14-15-17-19-21-23-30(34)42-27(25-40-43(37,38)41-26-28(32)31(35)36)24-39-29(33)22-20-18-16-10-8-6-4-2/h11-12,27-28H,3-10,13-26,32H2,1-2H3,(H,35,36)(H,37,38)/b12-11-. The summed E-state index contributed by atoms with van der Waals surface area (Å²) in [4.78, 5) is 45.3. The number of aliphatic carboxylic acids is 1. The summed E-state index contributed by atoms with van der Waals surface area (Å²) in [5, 5.41) is 8.80. The van der Waals surface area contributed by atoms with Crippen LogP contribution >= 0.6 is 7.82 Å². The lowest BCUT2D eigenvalue weighted by Crippen LogP contribution is -2.34. The molecule has 0 aliphatic rings. The van der Waals surface area contributed by atoms with Gasteiger partial charge < -0.3 is 25.2 Å². The van der Waals surface area contributed by atoms with E-state index < -0.39 is 51.1 Å². The van der Waals surface area contributed by atoms with E-state index in [-0.39, 0.29) is 19.4 Å². The van der Waals surface area contributed by atoms with Gasteiger partial charge in [-0.05, 0) is 38.5 Å². The summed E-state index contributed by atoms with van der Waals surface area (Å²) in [5.74, 6) is -2.40. The average molecular weight is 636 g/mol. The number of hydrogen-bond acceptors (Lipinski definition) is 9. The van der Waals surface area contributed by atoms with Crippen LogP contribution in [0, 0.1) is 0 Å². The zero-order chi connectivity index (χ0) is 32.2. The molecule has 0 rings (SSSR count). The first-order valence-corrected chi connectivity index (χ1v) is 17.7. The first-order chi connectivity index (χ1) is 20.6. The van der Waals surface area contributed by atoms with Gasteiger partial charge in [0.1, 0.15) is 12.6 Å². The Hall–Kier alpha value is -1.78. The third-order valence-corrected chi connectivity index (χ3v) is 7.71. The van der Waals surface area contributed by atoms with Gasteiger partial charge in [-0.25, -0.2) is 4.57 Å². The number of ether oxygens (including phenoxy) is 2. The van der Waals surface area contributed by atoms with Gasteiger partial charge in [0.2, 0.25) is 0 Å². The van der Waals surface area contributed by atoms with E-state index >= 15 is 0 Å². The highest BCUT2D eigenvalue weighted by Crippen LogP contribution is 2.43. The quantitative estimate of drug-likeness (QED) is 0.0321. The summed E-state index contributed by atoms with van der Waals surface area (Å²) >= 11 is 0. The number of nitrogens with two attached hydrogens (primary N) is 1. The van der Waals surface area contributed by atoms with E-state index in [1.54, 1.807) is 0 Å². The normalized spacial score (nSPS) is 14.3. The fourth-order valence-corrected chi connectivity index (χ4v) is 4.89. The predicted octanol–water partition coefficient (Wildman–Crippen LogP) is 6.99. The van der Waals surface area contributed by atoms with E-state index in [1.165, 1.54) is 38.5 Å². The van der Waals surface area contributed by atoms with Gasteiger partial charge in [0, 0.05) is 12.8 Å². The maximum absolute atomic E-state index is 12.4. The van der Waals surface area contributed by atoms with E-state index in [1.807, 2.05) is 0 Å². The maximum atomic E-state index is 12.4. The van der Waals surface area contributed by atoms with Crippen LogP contribution in [0.3, 0.4) is 0 Å². The molecule has 0 aromatic rings. The Bertz CT molecular complexity index is 807. The fourth-order valence-electron chi connectivity index (χ4n) is 4.12. The number of allylic oxidation sites excluding steroid dienone is 2. The molecule has 0 aromatic carbocycles. The van der Waals surface area contributed by atoms with Gasteiger partial charge in [0.15, 0.2) is 6.10 Å². The molecule has 0 amide bonds. The minimum atomic E-state index is -4.69. The number of phosphoric acid groups is 1. The number of carboxylic acid groups (broad SMARTS) is 1. The fraction of sp³-hybridized carbons (Fsp3) is 0.839. The molecule has 0 aliphatic carbocycles. The number of rotatable bonds is 30. The predicted molar refractivity (Wildman–Crippen MR) is 166 cm³/mol. The molecule has 3 unspecified atom stereocenters. The molecule has 4 N–H and O–H groups in total. The SMILES string of the molecule is CCCCC/C=C\CCCCCCCC(=O)OC(COC(=O)CCCCCCCCC)COP(=O)(O)OCC(N)C(=O)O. The molecular weight excluding hydrogens is 577 g/mol. The zero-order valence-corrected chi connectivity index (χ0v) is 27.4.